The fourth-order valence-electron chi connectivity index (χ4n) is 2.06. The molecule has 0 atom stereocenters. The van der Waals surface area contributed by atoms with Crippen LogP contribution in [0.3, 0.4) is 0 Å². The topological polar surface area (TPSA) is 111 Å². The number of nitrogens with zero attached hydrogens (tertiary/aromatic N) is 1. The number of nitrogens with one attached hydrogen (secondary N) is 2. The Kier molecular flexibility index (Phi) is 6.05. The van der Waals surface area contributed by atoms with Gasteiger partial charge in [0, 0.05) is 18.2 Å². The highest BCUT2D eigenvalue weighted by Crippen LogP contribution is 2.22. The smallest absolute Gasteiger partial charge is 0.321 e. The van der Waals surface area contributed by atoms with Crippen LogP contribution in [0.2, 0.25) is 0 Å². The normalized spacial score (nSPS) is 9.96. The maximum absolute atomic E-state index is 11.7. The minimum absolute atomic E-state index is 0.0305. The first-order chi connectivity index (χ1) is 12.0. The van der Waals surface area contributed by atoms with Crippen molar-refractivity contribution >= 4 is 17.6 Å². The van der Waals surface area contributed by atoms with Gasteiger partial charge < -0.3 is 10.1 Å². The highest BCUT2D eigenvalue weighted by molar-refractivity contribution is 5.94. The fourth-order valence-corrected chi connectivity index (χ4v) is 2.06. The van der Waals surface area contributed by atoms with Crippen LogP contribution < -0.4 is 15.4 Å². The van der Waals surface area contributed by atoms with E-state index >= 15 is 0 Å². The maximum Gasteiger partial charge on any atom is 0.321 e. The molecule has 0 saturated carbocycles. The number of rotatable bonds is 6. The van der Waals surface area contributed by atoms with Crippen LogP contribution in [0.1, 0.15) is 11.1 Å². The van der Waals surface area contributed by atoms with Crippen LogP contribution in [-0.4, -0.2) is 23.5 Å². The first-order valence-electron chi connectivity index (χ1n) is 7.45. The monoisotopic (exact) mass is 343 g/mol. The predicted octanol–water partition coefficient (Wildman–Crippen LogP) is 2.31. The van der Waals surface area contributed by atoms with E-state index in [1.54, 1.807) is 6.92 Å². The predicted molar refractivity (Wildman–Crippen MR) is 90.1 cm³/mol. The van der Waals surface area contributed by atoms with E-state index in [-0.39, 0.29) is 12.3 Å². The Morgan fingerprint density at radius 1 is 1.16 bits per heavy atom. The third kappa shape index (κ3) is 5.61. The second kappa shape index (κ2) is 8.44. The molecule has 0 fully saturated rings. The molecule has 0 spiro atoms. The van der Waals surface area contributed by atoms with Crippen molar-refractivity contribution in [2.45, 2.75) is 13.5 Å². The second-order valence-corrected chi connectivity index (χ2v) is 5.21. The van der Waals surface area contributed by atoms with Crippen molar-refractivity contribution in [3.05, 3.63) is 69.8 Å². The number of ether oxygens (including phenoxy) is 1. The molecule has 3 amide bonds. The molecule has 2 rings (SSSR count). The molecule has 0 unspecified atom stereocenters. The van der Waals surface area contributed by atoms with E-state index in [1.165, 1.54) is 18.2 Å². The summed E-state index contributed by atoms with van der Waals surface area (Å²) < 4.78 is 5.23. The number of carbonyl (C=O) groups excluding carboxylic acids is 2. The van der Waals surface area contributed by atoms with Gasteiger partial charge in [0.05, 0.1) is 4.92 Å². The lowest BCUT2D eigenvalue weighted by atomic mass is 10.2. The molecule has 0 aromatic heterocycles. The van der Waals surface area contributed by atoms with Crippen LogP contribution in [0.25, 0.3) is 0 Å². The van der Waals surface area contributed by atoms with Crippen molar-refractivity contribution in [1.82, 2.24) is 10.6 Å². The molecule has 0 saturated heterocycles. The van der Waals surface area contributed by atoms with Crippen LogP contribution >= 0.6 is 0 Å². The molecule has 8 nitrogen and oxygen atoms in total. The number of urea groups is 1. The van der Waals surface area contributed by atoms with Crippen LogP contribution in [0.4, 0.5) is 10.5 Å². The van der Waals surface area contributed by atoms with Crippen LogP contribution in [0, 0.1) is 17.0 Å². The summed E-state index contributed by atoms with van der Waals surface area (Å²) >= 11 is 0. The van der Waals surface area contributed by atoms with E-state index in [1.807, 2.05) is 30.3 Å². The maximum atomic E-state index is 11.7. The van der Waals surface area contributed by atoms with Crippen molar-refractivity contribution < 1.29 is 19.2 Å². The number of hydrogen-bond donors (Lipinski definition) is 2. The molecule has 0 aliphatic heterocycles. The van der Waals surface area contributed by atoms with Crippen molar-refractivity contribution in [3.63, 3.8) is 0 Å². The summed E-state index contributed by atoms with van der Waals surface area (Å²) in [6.07, 6.45) is 0. The lowest BCUT2D eigenvalue weighted by molar-refractivity contribution is -0.385. The quantitative estimate of drug-likeness (QED) is 0.618. The number of nitro benzene ring substituents is 1. The van der Waals surface area contributed by atoms with Gasteiger partial charge in [-0.1, -0.05) is 30.3 Å². The summed E-state index contributed by atoms with van der Waals surface area (Å²) in [5.74, 6) is -0.315. The molecular weight excluding hydrogens is 326 g/mol. The van der Waals surface area contributed by atoms with Gasteiger partial charge in [0.2, 0.25) is 0 Å². The molecule has 0 heterocycles. The van der Waals surface area contributed by atoms with E-state index in [0.29, 0.717) is 17.9 Å². The number of hydrogen-bond acceptors (Lipinski definition) is 5. The van der Waals surface area contributed by atoms with Crippen molar-refractivity contribution in [3.8, 4) is 5.75 Å². The van der Waals surface area contributed by atoms with E-state index in [4.69, 9.17) is 4.74 Å². The molecule has 2 aromatic carbocycles. The Hall–Kier alpha value is -3.42. The summed E-state index contributed by atoms with van der Waals surface area (Å²) in [6, 6.07) is 12.8. The molecule has 0 radical (unpaired) electrons. The zero-order chi connectivity index (χ0) is 18.2. The van der Waals surface area contributed by atoms with Crippen LogP contribution in [0.5, 0.6) is 5.75 Å². The summed E-state index contributed by atoms with van der Waals surface area (Å²) in [7, 11) is 0. The summed E-state index contributed by atoms with van der Waals surface area (Å²) in [5.41, 5.74) is 1.29. The van der Waals surface area contributed by atoms with Gasteiger partial charge in [-0.15, -0.1) is 0 Å². The Morgan fingerprint density at radius 3 is 2.52 bits per heavy atom. The Balaban J connectivity index is 1.77. The van der Waals surface area contributed by atoms with Gasteiger partial charge in [-0.3, -0.25) is 20.2 Å². The summed E-state index contributed by atoms with van der Waals surface area (Å²) in [5, 5.41) is 15.4. The second-order valence-electron chi connectivity index (χ2n) is 5.21. The molecule has 2 aromatic rings. The van der Waals surface area contributed by atoms with E-state index < -0.39 is 16.9 Å². The third-order valence-corrected chi connectivity index (χ3v) is 3.28. The zero-order valence-corrected chi connectivity index (χ0v) is 13.5. The van der Waals surface area contributed by atoms with Crippen molar-refractivity contribution in [2.24, 2.45) is 0 Å². The van der Waals surface area contributed by atoms with Gasteiger partial charge in [0.25, 0.3) is 11.6 Å². The minimum atomic E-state index is -0.627. The largest absolute Gasteiger partial charge is 0.484 e. The molecule has 0 aliphatic rings. The summed E-state index contributed by atoms with van der Waals surface area (Å²) in [6.45, 7) is 1.49. The van der Waals surface area contributed by atoms with Crippen molar-refractivity contribution in [1.29, 1.82) is 0 Å². The van der Waals surface area contributed by atoms with Gasteiger partial charge in [0.15, 0.2) is 6.61 Å². The van der Waals surface area contributed by atoms with Gasteiger partial charge in [-0.25, -0.2) is 4.79 Å². The first kappa shape index (κ1) is 17.9. The molecule has 130 valence electrons. The molecular formula is C17H17N3O5. The Labute approximate surface area is 144 Å². The van der Waals surface area contributed by atoms with Gasteiger partial charge >= 0.3 is 6.03 Å². The summed E-state index contributed by atoms with van der Waals surface area (Å²) in [4.78, 5) is 33.6. The average molecular weight is 343 g/mol. The third-order valence-electron chi connectivity index (χ3n) is 3.28. The molecule has 25 heavy (non-hydrogen) atoms. The number of imide groups is 1. The molecule has 8 heteroatoms. The molecule has 0 bridgehead atoms. The lowest BCUT2D eigenvalue weighted by Crippen LogP contribution is -2.41. The zero-order valence-electron chi connectivity index (χ0n) is 13.5. The number of nitro groups is 1. The van der Waals surface area contributed by atoms with Gasteiger partial charge in [0.1, 0.15) is 5.75 Å². The van der Waals surface area contributed by atoms with E-state index in [0.717, 1.165) is 5.56 Å². The molecule has 2 N–H and O–H groups in total. The van der Waals surface area contributed by atoms with Crippen LogP contribution in [-0.2, 0) is 11.3 Å². The standard InChI is InChI=1S/C17H17N3O5/c1-12-9-14(7-8-15(12)20(23)24)25-11-16(21)19-17(22)18-10-13-5-3-2-4-6-13/h2-9H,10-11H2,1H3,(H2,18,19,21,22). The Bertz CT molecular complexity index is 777. The van der Waals surface area contributed by atoms with E-state index in [9.17, 15) is 19.7 Å². The highest BCUT2D eigenvalue weighted by Gasteiger charge is 2.12. The van der Waals surface area contributed by atoms with Crippen LogP contribution in [0.15, 0.2) is 48.5 Å². The number of aryl methyl sites for hydroxylation is 1. The number of benzene rings is 2. The average Bonchev–Trinajstić information content (AvgIpc) is 2.59. The molecule has 0 aliphatic carbocycles. The van der Waals surface area contributed by atoms with Gasteiger partial charge in [-0.05, 0) is 24.6 Å². The van der Waals surface area contributed by atoms with E-state index in [2.05, 4.69) is 10.6 Å². The lowest BCUT2D eigenvalue weighted by Gasteiger charge is -2.09. The highest BCUT2D eigenvalue weighted by atomic mass is 16.6. The number of carbonyl (C=O) groups is 2. The number of amides is 3. The first-order valence-corrected chi connectivity index (χ1v) is 7.45. The SMILES string of the molecule is Cc1cc(OCC(=O)NC(=O)NCc2ccccc2)ccc1[N+](=O)[O-]. The Morgan fingerprint density at radius 2 is 1.88 bits per heavy atom. The van der Waals surface area contributed by atoms with Gasteiger partial charge in [-0.2, -0.15) is 0 Å². The fraction of sp³-hybridized carbons (Fsp3) is 0.176. The van der Waals surface area contributed by atoms with Crippen molar-refractivity contribution in [2.75, 3.05) is 6.61 Å². The minimum Gasteiger partial charge on any atom is -0.484 e.